The second-order valence-corrected chi connectivity index (χ2v) is 7.32. The first-order valence-corrected chi connectivity index (χ1v) is 9.58. The van der Waals surface area contributed by atoms with Crippen molar-refractivity contribution in [2.75, 3.05) is 52.3 Å². The lowest BCUT2D eigenvalue weighted by atomic mass is 9.95. The number of rotatable bonds is 4. The van der Waals surface area contributed by atoms with Crippen molar-refractivity contribution in [2.45, 2.75) is 12.5 Å². The number of carbonyl (C=O) groups is 1. The minimum atomic E-state index is -0.325. The first-order chi connectivity index (χ1) is 13.6. The largest absolute Gasteiger partial charge is 0.493 e. The molecule has 28 heavy (non-hydrogen) atoms. The molecule has 1 atom stereocenters. The number of fused-ring (bicyclic) bond motifs is 1. The summed E-state index contributed by atoms with van der Waals surface area (Å²) in [5.41, 5.74) is 2.67. The number of carbonyl (C=O) groups excluding carboxylic acids is 1. The molecule has 1 saturated heterocycles. The van der Waals surface area contributed by atoms with Gasteiger partial charge in [-0.2, -0.15) is 0 Å². The monoisotopic (exact) mass is 382 g/mol. The zero-order valence-corrected chi connectivity index (χ0v) is 16.6. The van der Waals surface area contributed by atoms with Gasteiger partial charge in [0.2, 0.25) is 0 Å². The van der Waals surface area contributed by atoms with Gasteiger partial charge in [0.25, 0.3) is 0 Å². The predicted octanol–water partition coefficient (Wildman–Crippen LogP) is 3.16. The zero-order chi connectivity index (χ0) is 19.7. The van der Waals surface area contributed by atoms with Crippen molar-refractivity contribution in [1.82, 2.24) is 4.90 Å². The molecule has 0 N–H and O–H groups in total. The Morgan fingerprint density at radius 2 is 1.71 bits per heavy atom. The molecule has 0 aromatic heterocycles. The smallest absolute Gasteiger partial charge is 0.170 e. The molecule has 6 nitrogen and oxygen atoms in total. The number of hydrogen-bond donors (Lipinski definition) is 0. The second-order valence-electron chi connectivity index (χ2n) is 7.32. The van der Waals surface area contributed by atoms with Crippen molar-refractivity contribution in [2.24, 2.45) is 0 Å². The molecule has 2 aromatic rings. The fourth-order valence-corrected chi connectivity index (χ4v) is 3.81. The van der Waals surface area contributed by atoms with Gasteiger partial charge < -0.3 is 24.0 Å². The summed E-state index contributed by atoms with van der Waals surface area (Å²) in [7, 11) is 5.34. The van der Waals surface area contributed by atoms with Crippen molar-refractivity contribution < 1.29 is 19.0 Å². The number of methoxy groups -OCH3 is 2. The molecule has 148 valence electrons. The Kier molecular flexibility index (Phi) is 5.13. The summed E-state index contributed by atoms with van der Waals surface area (Å²) in [5.74, 6) is 2.05. The molecule has 0 saturated carbocycles. The molecular weight excluding hydrogens is 356 g/mol. The number of likely N-dealkylation sites (N-methyl/N-ethyl adjacent to an activating group) is 1. The summed E-state index contributed by atoms with van der Waals surface area (Å²) in [5, 5.41) is 0. The molecule has 0 aliphatic carbocycles. The topological polar surface area (TPSA) is 51.2 Å². The number of hydrogen-bond acceptors (Lipinski definition) is 6. The number of benzene rings is 2. The summed E-state index contributed by atoms with van der Waals surface area (Å²) in [6.45, 7) is 4.00. The molecule has 0 bridgehead atoms. The quantitative estimate of drug-likeness (QED) is 0.810. The SMILES string of the molecule is COc1ccc(C2CC(=O)c3cc(N4CCN(C)CC4)ccc3O2)cc1OC. The molecule has 4 rings (SSSR count). The number of piperazine rings is 1. The number of nitrogens with zero attached hydrogens (tertiary/aromatic N) is 2. The van der Waals surface area contributed by atoms with E-state index in [9.17, 15) is 4.79 Å². The zero-order valence-electron chi connectivity index (χ0n) is 16.6. The van der Waals surface area contributed by atoms with E-state index in [-0.39, 0.29) is 11.9 Å². The molecule has 2 aliphatic heterocycles. The van der Waals surface area contributed by atoms with Crippen LogP contribution in [-0.4, -0.2) is 58.1 Å². The van der Waals surface area contributed by atoms with Crippen LogP contribution in [0.2, 0.25) is 0 Å². The van der Waals surface area contributed by atoms with E-state index in [1.807, 2.05) is 30.3 Å². The van der Waals surface area contributed by atoms with E-state index in [4.69, 9.17) is 14.2 Å². The van der Waals surface area contributed by atoms with Gasteiger partial charge in [-0.1, -0.05) is 6.07 Å². The average Bonchev–Trinajstić information content (AvgIpc) is 2.73. The molecular formula is C22H26N2O4. The highest BCUT2D eigenvalue weighted by Gasteiger charge is 2.29. The van der Waals surface area contributed by atoms with Crippen LogP contribution in [0.15, 0.2) is 36.4 Å². The van der Waals surface area contributed by atoms with Gasteiger partial charge in [0.05, 0.1) is 26.2 Å². The minimum Gasteiger partial charge on any atom is -0.493 e. The molecule has 2 aromatic carbocycles. The van der Waals surface area contributed by atoms with E-state index in [0.29, 0.717) is 29.2 Å². The third kappa shape index (κ3) is 3.52. The lowest BCUT2D eigenvalue weighted by molar-refractivity contribution is 0.0849. The van der Waals surface area contributed by atoms with Gasteiger partial charge in [0.15, 0.2) is 17.3 Å². The molecule has 1 fully saturated rings. The first kappa shape index (κ1) is 18.6. The van der Waals surface area contributed by atoms with Crippen molar-refractivity contribution in [3.05, 3.63) is 47.5 Å². The Labute approximate surface area is 165 Å². The van der Waals surface area contributed by atoms with E-state index in [0.717, 1.165) is 37.4 Å². The van der Waals surface area contributed by atoms with Crippen molar-refractivity contribution >= 4 is 11.5 Å². The van der Waals surface area contributed by atoms with Gasteiger partial charge >= 0.3 is 0 Å². The molecule has 0 radical (unpaired) electrons. The van der Waals surface area contributed by atoms with Gasteiger partial charge in [-0.3, -0.25) is 4.79 Å². The van der Waals surface area contributed by atoms with Crippen LogP contribution in [-0.2, 0) is 0 Å². The van der Waals surface area contributed by atoms with E-state index in [1.165, 1.54) is 0 Å². The third-order valence-electron chi connectivity index (χ3n) is 5.55. The third-order valence-corrected chi connectivity index (χ3v) is 5.55. The van der Waals surface area contributed by atoms with Crippen LogP contribution in [0.3, 0.4) is 0 Å². The fraction of sp³-hybridized carbons (Fsp3) is 0.409. The molecule has 2 aliphatic rings. The maximum Gasteiger partial charge on any atom is 0.170 e. The molecule has 2 heterocycles. The average molecular weight is 382 g/mol. The molecule has 0 amide bonds. The van der Waals surface area contributed by atoms with Crippen LogP contribution >= 0.6 is 0 Å². The lowest BCUT2D eigenvalue weighted by Crippen LogP contribution is -2.44. The van der Waals surface area contributed by atoms with Gasteiger partial charge in [-0.15, -0.1) is 0 Å². The summed E-state index contributed by atoms with van der Waals surface area (Å²) in [6.07, 6.45) is -0.0106. The number of anilines is 1. The highest BCUT2D eigenvalue weighted by Crippen LogP contribution is 2.39. The Morgan fingerprint density at radius 3 is 2.43 bits per heavy atom. The van der Waals surface area contributed by atoms with Crippen molar-refractivity contribution in [3.8, 4) is 17.2 Å². The summed E-state index contributed by atoms with van der Waals surface area (Å²) < 4.78 is 16.8. The Hall–Kier alpha value is -2.73. The van der Waals surface area contributed by atoms with E-state index < -0.39 is 0 Å². The van der Waals surface area contributed by atoms with Crippen LogP contribution in [0.1, 0.15) is 28.4 Å². The summed E-state index contributed by atoms with van der Waals surface area (Å²) >= 11 is 0. The standard InChI is InChI=1S/C22H26N2O4/c1-23-8-10-24(11-9-23)16-5-7-19-17(13-16)18(25)14-21(28-19)15-4-6-20(26-2)22(12-15)27-3/h4-7,12-13,21H,8-11,14H2,1-3H3. The van der Waals surface area contributed by atoms with E-state index in [2.05, 4.69) is 22.9 Å². The second kappa shape index (κ2) is 7.72. The Balaban J connectivity index is 1.57. The maximum atomic E-state index is 12.9. The fourth-order valence-electron chi connectivity index (χ4n) is 3.81. The minimum absolute atomic E-state index is 0.108. The van der Waals surface area contributed by atoms with Crippen molar-refractivity contribution in [1.29, 1.82) is 0 Å². The van der Waals surface area contributed by atoms with Crippen LogP contribution in [0, 0.1) is 0 Å². The summed E-state index contributed by atoms with van der Waals surface area (Å²) in [4.78, 5) is 17.5. The number of ketones is 1. The highest BCUT2D eigenvalue weighted by molar-refractivity contribution is 6.01. The number of ether oxygens (including phenoxy) is 3. The molecule has 1 unspecified atom stereocenters. The van der Waals surface area contributed by atoms with Crippen molar-refractivity contribution in [3.63, 3.8) is 0 Å². The Morgan fingerprint density at radius 1 is 0.964 bits per heavy atom. The molecule has 6 heteroatoms. The van der Waals surface area contributed by atoms with Gasteiger partial charge in [-0.25, -0.2) is 0 Å². The first-order valence-electron chi connectivity index (χ1n) is 9.58. The predicted molar refractivity (Wildman–Crippen MR) is 108 cm³/mol. The maximum absolute atomic E-state index is 12.9. The van der Waals surface area contributed by atoms with E-state index in [1.54, 1.807) is 14.2 Å². The van der Waals surface area contributed by atoms with Gasteiger partial charge in [0.1, 0.15) is 11.9 Å². The van der Waals surface area contributed by atoms with Crippen LogP contribution in [0.5, 0.6) is 17.2 Å². The number of Topliss-reactive ketones (excluding diaryl/α,β-unsaturated/α-hetero) is 1. The lowest BCUT2D eigenvalue weighted by Gasteiger charge is -2.35. The molecule has 0 spiro atoms. The normalized spacial score (nSPS) is 19.8. The summed E-state index contributed by atoms with van der Waals surface area (Å²) in [6, 6.07) is 11.6. The van der Waals surface area contributed by atoms with Crippen LogP contribution in [0.4, 0.5) is 5.69 Å². The highest BCUT2D eigenvalue weighted by atomic mass is 16.5. The van der Waals surface area contributed by atoms with Gasteiger partial charge in [0, 0.05) is 31.9 Å². The Bertz CT molecular complexity index is 875. The van der Waals surface area contributed by atoms with Gasteiger partial charge in [-0.05, 0) is 42.9 Å². The van der Waals surface area contributed by atoms with E-state index >= 15 is 0 Å². The van der Waals surface area contributed by atoms with Crippen LogP contribution in [0.25, 0.3) is 0 Å². The van der Waals surface area contributed by atoms with Crippen LogP contribution < -0.4 is 19.1 Å².